The van der Waals surface area contributed by atoms with Gasteiger partial charge in [-0.25, -0.2) is 0 Å². The molecule has 1 aromatic carbocycles. The number of hydrogen-bond donors (Lipinski definition) is 3. The maximum atomic E-state index is 11.8. The van der Waals surface area contributed by atoms with Crippen molar-refractivity contribution in [1.82, 2.24) is 5.32 Å². The second kappa shape index (κ2) is 4.63. The number of aromatic hydroxyl groups is 1. The lowest BCUT2D eigenvalue weighted by Gasteiger charge is -2.22. The summed E-state index contributed by atoms with van der Waals surface area (Å²) in [4.78, 5) is 22.9. The number of benzene rings is 1. The van der Waals surface area contributed by atoms with Gasteiger partial charge in [-0.05, 0) is 32.0 Å². The first-order chi connectivity index (χ1) is 7.74. The summed E-state index contributed by atoms with van der Waals surface area (Å²) >= 11 is 5.81. The second-order valence-corrected chi connectivity index (χ2v) is 4.51. The molecule has 0 radical (unpaired) electrons. The fourth-order valence-electron chi connectivity index (χ4n) is 1.10. The quantitative estimate of drug-likeness (QED) is 0.754. The molecule has 2 amide bonds. The molecule has 0 heterocycles. The van der Waals surface area contributed by atoms with Crippen LogP contribution in [0.4, 0.5) is 0 Å². The summed E-state index contributed by atoms with van der Waals surface area (Å²) in [7, 11) is 0. The molecule has 0 fully saturated rings. The number of hydrogen-bond acceptors (Lipinski definition) is 3. The van der Waals surface area contributed by atoms with Gasteiger partial charge in [0, 0.05) is 0 Å². The van der Waals surface area contributed by atoms with E-state index in [1.807, 2.05) is 0 Å². The molecule has 0 atom stereocenters. The minimum Gasteiger partial charge on any atom is -0.508 e. The number of nitrogens with two attached hydrogens (primary N) is 1. The molecule has 17 heavy (non-hydrogen) atoms. The van der Waals surface area contributed by atoms with E-state index in [9.17, 15) is 14.7 Å². The monoisotopic (exact) mass is 256 g/mol. The highest BCUT2D eigenvalue weighted by Gasteiger charge is 2.28. The summed E-state index contributed by atoms with van der Waals surface area (Å²) in [5, 5.41) is 11.9. The summed E-state index contributed by atoms with van der Waals surface area (Å²) in [6.07, 6.45) is 0. The minimum atomic E-state index is -1.19. The number of halogens is 1. The van der Waals surface area contributed by atoms with Crippen LogP contribution in [-0.2, 0) is 4.79 Å². The maximum Gasteiger partial charge on any atom is 0.253 e. The molecule has 5 nitrogen and oxygen atoms in total. The van der Waals surface area contributed by atoms with Gasteiger partial charge in [0.15, 0.2) is 0 Å². The fraction of sp³-hybridized carbons (Fsp3) is 0.273. The zero-order chi connectivity index (χ0) is 13.2. The standard InChI is InChI=1S/C11H13ClN2O3/c1-11(2,10(13)17)14-9(16)7-5-6(15)3-4-8(7)12/h3-5,15H,1-2H3,(H2,13,17)(H,14,16). The molecule has 6 heteroatoms. The lowest BCUT2D eigenvalue weighted by molar-refractivity contribution is -0.122. The van der Waals surface area contributed by atoms with E-state index in [0.717, 1.165) is 0 Å². The Morgan fingerprint density at radius 1 is 1.41 bits per heavy atom. The highest BCUT2D eigenvalue weighted by molar-refractivity contribution is 6.34. The molecule has 0 aliphatic rings. The largest absolute Gasteiger partial charge is 0.508 e. The van der Waals surface area contributed by atoms with Gasteiger partial charge in [-0.15, -0.1) is 0 Å². The number of carbonyl (C=O) groups is 2. The minimum absolute atomic E-state index is 0.0843. The van der Waals surface area contributed by atoms with Crippen molar-refractivity contribution in [3.63, 3.8) is 0 Å². The van der Waals surface area contributed by atoms with Crippen LogP contribution < -0.4 is 11.1 Å². The molecule has 0 spiro atoms. The molecule has 92 valence electrons. The number of phenols is 1. The predicted molar refractivity (Wildman–Crippen MR) is 63.9 cm³/mol. The van der Waals surface area contributed by atoms with Crippen molar-refractivity contribution in [1.29, 1.82) is 0 Å². The van der Waals surface area contributed by atoms with Crippen LogP contribution in [0.2, 0.25) is 5.02 Å². The summed E-state index contributed by atoms with van der Waals surface area (Å²) < 4.78 is 0. The van der Waals surface area contributed by atoms with E-state index >= 15 is 0 Å². The third kappa shape index (κ3) is 3.10. The number of rotatable bonds is 3. The van der Waals surface area contributed by atoms with Crippen molar-refractivity contribution in [3.8, 4) is 5.75 Å². The molecule has 0 aromatic heterocycles. The highest BCUT2D eigenvalue weighted by atomic mass is 35.5. The van der Waals surface area contributed by atoms with Crippen molar-refractivity contribution in [2.45, 2.75) is 19.4 Å². The molecular formula is C11H13ClN2O3. The number of amides is 2. The van der Waals surface area contributed by atoms with Crippen molar-refractivity contribution in [3.05, 3.63) is 28.8 Å². The van der Waals surface area contributed by atoms with Crippen LogP contribution in [0.5, 0.6) is 5.75 Å². The molecule has 0 saturated heterocycles. The van der Waals surface area contributed by atoms with Gasteiger partial charge >= 0.3 is 0 Å². The molecular weight excluding hydrogens is 244 g/mol. The molecule has 0 aliphatic heterocycles. The van der Waals surface area contributed by atoms with Gasteiger partial charge < -0.3 is 16.2 Å². The zero-order valence-corrected chi connectivity index (χ0v) is 10.2. The van der Waals surface area contributed by atoms with Crippen molar-refractivity contribution < 1.29 is 14.7 Å². The van der Waals surface area contributed by atoms with Gasteiger partial charge in [-0.3, -0.25) is 9.59 Å². The van der Waals surface area contributed by atoms with Crippen LogP contribution in [0.3, 0.4) is 0 Å². The van der Waals surface area contributed by atoms with Gasteiger partial charge in [0.1, 0.15) is 11.3 Å². The van der Waals surface area contributed by atoms with E-state index in [2.05, 4.69) is 5.32 Å². The lowest BCUT2D eigenvalue weighted by Crippen LogP contribution is -2.53. The normalized spacial score (nSPS) is 11.0. The van der Waals surface area contributed by atoms with Gasteiger partial charge in [-0.1, -0.05) is 11.6 Å². The molecule has 0 aliphatic carbocycles. The Morgan fingerprint density at radius 3 is 2.53 bits per heavy atom. The third-order valence-electron chi connectivity index (χ3n) is 2.24. The molecule has 0 saturated carbocycles. The first-order valence-electron chi connectivity index (χ1n) is 4.85. The first kappa shape index (κ1) is 13.3. The SMILES string of the molecule is CC(C)(NC(=O)c1cc(O)ccc1Cl)C(N)=O. The van der Waals surface area contributed by atoms with Crippen LogP contribution in [0.15, 0.2) is 18.2 Å². The van der Waals surface area contributed by atoms with Gasteiger partial charge in [0.05, 0.1) is 10.6 Å². The number of phenolic OH excluding ortho intramolecular Hbond substituents is 1. The summed E-state index contributed by atoms with van der Waals surface area (Å²) in [6, 6.07) is 3.97. The number of primary amides is 1. The van der Waals surface area contributed by atoms with E-state index in [1.54, 1.807) is 0 Å². The molecule has 4 N–H and O–H groups in total. The second-order valence-electron chi connectivity index (χ2n) is 4.11. The van der Waals surface area contributed by atoms with Gasteiger partial charge in [0.25, 0.3) is 5.91 Å². The zero-order valence-electron chi connectivity index (χ0n) is 9.45. The maximum absolute atomic E-state index is 11.8. The smallest absolute Gasteiger partial charge is 0.253 e. The number of nitrogens with one attached hydrogen (secondary N) is 1. The summed E-state index contributed by atoms with van der Waals surface area (Å²) in [5.74, 6) is -1.33. The Bertz CT molecular complexity index is 472. The van der Waals surface area contributed by atoms with Gasteiger partial charge in [0.2, 0.25) is 5.91 Å². The molecule has 0 unspecified atom stereocenters. The summed E-state index contributed by atoms with van der Waals surface area (Å²) in [6.45, 7) is 2.95. The predicted octanol–water partition coefficient (Wildman–Crippen LogP) is 1.04. The first-order valence-corrected chi connectivity index (χ1v) is 5.23. The summed E-state index contributed by atoms with van der Waals surface area (Å²) in [5.41, 5.74) is 4.02. The van der Waals surface area contributed by atoms with E-state index < -0.39 is 17.4 Å². The van der Waals surface area contributed by atoms with E-state index in [4.69, 9.17) is 17.3 Å². The van der Waals surface area contributed by atoms with E-state index in [1.165, 1.54) is 32.0 Å². The Labute approximate surface area is 104 Å². The van der Waals surface area contributed by atoms with Gasteiger partial charge in [-0.2, -0.15) is 0 Å². The molecule has 1 rings (SSSR count). The van der Waals surface area contributed by atoms with Crippen LogP contribution in [0.25, 0.3) is 0 Å². The Balaban J connectivity index is 2.98. The van der Waals surface area contributed by atoms with E-state index in [-0.39, 0.29) is 16.3 Å². The van der Waals surface area contributed by atoms with Crippen LogP contribution in [-0.4, -0.2) is 22.5 Å². The fourth-order valence-corrected chi connectivity index (χ4v) is 1.30. The van der Waals surface area contributed by atoms with Crippen LogP contribution in [0.1, 0.15) is 24.2 Å². The molecule has 1 aromatic rings. The van der Waals surface area contributed by atoms with Crippen molar-refractivity contribution >= 4 is 23.4 Å². The van der Waals surface area contributed by atoms with Crippen molar-refractivity contribution in [2.75, 3.05) is 0 Å². The average molecular weight is 257 g/mol. The third-order valence-corrected chi connectivity index (χ3v) is 2.57. The highest BCUT2D eigenvalue weighted by Crippen LogP contribution is 2.21. The van der Waals surface area contributed by atoms with Crippen LogP contribution in [0, 0.1) is 0 Å². The Hall–Kier alpha value is -1.75. The molecule has 0 bridgehead atoms. The number of carbonyl (C=O) groups excluding carboxylic acids is 2. The Morgan fingerprint density at radius 2 is 2.00 bits per heavy atom. The average Bonchev–Trinajstić information content (AvgIpc) is 2.20. The van der Waals surface area contributed by atoms with Crippen LogP contribution >= 0.6 is 11.6 Å². The van der Waals surface area contributed by atoms with E-state index in [0.29, 0.717) is 0 Å². The lowest BCUT2D eigenvalue weighted by atomic mass is 10.0. The van der Waals surface area contributed by atoms with Crippen molar-refractivity contribution in [2.24, 2.45) is 5.73 Å². The topological polar surface area (TPSA) is 92.4 Å². The Kier molecular flexibility index (Phi) is 3.63.